The number of ether oxygens (including phenoxy) is 1. The lowest BCUT2D eigenvalue weighted by molar-refractivity contribution is -0.142. The predicted molar refractivity (Wildman–Crippen MR) is 76.0 cm³/mol. The van der Waals surface area contributed by atoms with Crippen LogP contribution in [0.3, 0.4) is 0 Å². The van der Waals surface area contributed by atoms with Gasteiger partial charge in [-0.2, -0.15) is 0 Å². The Morgan fingerprint density at radius 3 is 2.60 bits per heavy atom. The van der Waals surface area contributed by atoms with Crippen LogP contribution in [0.15, 0.2) is 18.2 Å². The Kier molecular flexibility index (Phi) is 2.97. The average molecular weight is 290 g/mol. The van der Waals surface area contributed by atoms with E-state index < -0.39 is 0 Å². The molecule has 1 saturated carbocycles. The van der Waals surface area contributed by atoms with E-state index in [0.717, 1.165) is 12.0 Å². The van der Waals surface area contributed by atoms with E-state index in [2.05, 4.69) is 0 Å². The van der Waals surface area contributed by atoms with Crippen molar-refractivity contribution in [3.05, 3.63) is 29.3 Å². The highest BCUT2D eigenvalue weighted by molar-refractivity contribution is 7.80. The van der Waals surface area contributed by atoms with E-state index in [1.165, 1.54) is 12.0 Å². The summed E-state index contributed by atoms with van der Waals surface area (Å²) in [4.78, 5) is 25.4. The van der Waals surface area contributed by atoms with Crippen molar-refractivity contribution in [3.63, 3.8) is 0 Å². The fourth-order valence-corrected chi connectivity index (χ4v) is 2.79. The van der Waals surface area contributed by atoms with E-state index >= 15 is 0 Å². The van der Waals surface area contributed by atoms with Crippen LogP contribution in [0.2, 0.25) is 0 Å². The van der Waals surface area contributed by atoms with E-state index in [0.29, 0.717) is 11.3 Å². The Bertz CT molecular complexity index is 609. The van der Waals surface area contributed by atoms with Crippen LogP contribution in [-0.4, -0.2) is 28.8 Å². The van der Waals surface area contributed by atoms with Crippen molar-refractivity contribution in [1.82, 2.24) is 4.90 Å². The van der Waals surface area contributed by atoms with Gasteiger partial charge in [-0.25, -0.2) is 0 Å². The van der Waals surface area contributed by atoms with Crippen molar-refractivity contribution < 1.29 is 14.3 Å². The maximum absolute atomic E-state index is 11.9. The lowest BCUT2D eigenvalue weighted by Crippen LogP contribution is -2.32. The highest BCUT2D eigenvalue weighted by Gasteiger charge is 2.58. The number of imide groups is 1. The van der Waals surface area contributed by atoms with Gasteiger partial charge in [0.2, 0.25) is 11.8 Å². The summed E-state index contributed by atoms with van der Waals surface area (Å²) >= 11 is 4.98. The SMILES string of the molecule is COc1ccc(CN2C(=O)C3CC3C2=O)cc1C(N)=S. The summed E-state index contributed by atoms with van der Waals surface area (Å²) in [6.45, 7) is 0.268. The molecule has 2 atom stereocenters. The van der Waals surface area contributed by atoms with Crippen LogP contribution in [0.5, 0.6) is 5.75 Å². The van der Waals surface area contributed by atoms with Gasteiger partial charge in [-0.3, -0.25) is 14.5 Å². The minimum Gasteiger partial charge on any atom is -0.496 e. The van der Waals surface area contributed by atoms with E-state index in [1.807, 2.05) is 6.07 Å². The zero-order valence-corrected chi connectivity index (χ0v) is 11.8. The molecule has 2 fully saturated rings. The van der Waals surface area contributed by atoms with Gasteiger partial charge in [-0.05, 0) is 24.1 Å². The highest BCUT2D eigenvalue weighted by Crippen LogP contribution is 2.47. The van der Waals surface area contributed by atoms with Crippen LogP contribution < -0.4 is 10.5 Å². The molecule has 1 aromatic rings. The number of hydrogen-bond acceptors (Lipinski definition) is 4. The number of fused-ring (bicyclic) bond motifs is 1. The van der Waals surface area contributed by atoms with Crippen LogP contribution in [0.4, 0.5) is 0 Å². The monoisotopic (exact) mass is 290 g/mol. The molecule has 5 nitrogen and oxygen atoms in total. The molecule has 0 radical (unpaired) electrons. The van der Waals surface area contributed by atoms with Crippen LogP contribution in [0, 0.1) is 11.8 Å². The number of rotatable bonds is 4. The maximum Gasteiger partial charge on any atom is 0.233 e. The van der Waals surface area contributed by atoms with Gasteiger partial charge in [0.15, 0.2) is 0 Å². The molecular weight excluding hydrogens is 276 g/mol. The molecule has 1 saturated heterocycles. The zero-order chi connectivity index (χ0) is 14.4. The molecule has 3 rings (SSSR count). The smallest absolute Gasteiger partial charge is 0.233 e. The molecular formula is C14H14N2O3S. The summed E-state index contributed by atoms with van der Waals surface area (Å²) in [7, 11) is 1.54. The predicted octanol–water partition coefficient (Wildman–Crippen LogP) is 0.834. The van der Waals surface area contributed by atoms with Gasteiger partial charge in [-0.15, -0.1) is 0 Å². The molecule has 2 amide bonds. The van der Waals surface area contributed by atoms with Gasteiger partial charge in [-0.1, -0.05) is 18.3 Å². The van der Waals surface area contributed by atoms with Crippen molar-refractivity contribution in [3.8, 4) is 5.75 Å². The number of amides is 2. The van der Waals surface area contributed by atoms with Crippen LogP contribution in [0.25, 0.3) is 0 Å². The number of carbonyl (C=O) groups is 2. The summed E-state index contributed by atoms with van der Waals surface area (Å²) in [5.74, 6) is 0.315. The topological polar surface area (TPSA) is 72.6 Å². The average Bonchev–Trinajstić information content (AvgIpc) is 3.19. The number of carbonyl (C=O) groups excluding carboxylic acids is 2. The van der Waals surface area contributed by atoms with E-state index in [-0.39, 0.29) is 35.2 Å². The van der Waals surface area contributed by atoms with Gasteiger partial charge < -0.3 is 10.5 Å². The Hall–Kier alpha value is -1.95. The first kappa shape index (κ1) is 13.1. The molecule has 20 heavy (non-hydrogen) atoms. The summed E-state index contributed by atoms with van der Waals surface area (Å²) in [6, 6.07) is 5.33. The molecule has 2 unspecified atom stereocenters. The van der Waals surface area contributed by atoms with Crippen molar-refractivity contribution in [1.29, 1.82) is 0 Å². The molecule has 2 aliphatic rings. The van der Waals surface area contributed by atoms with Gasteiger partial charge in [0.25, 0.3) is 0 Å². The van der Waals surface area contributed by atoms with Crippen molar-refractivity contribution in [2.75, 3.05) is 7.11 Å². The Morgan fingerprint density at radius 2 is 2.05 bits per heavy atom. The number of piperidine rings is 1. The Labute approximate surface area is 121 Å². The minimum absolute atomic E-state index is 0.0623. The largest absolute Gasteiger partial charge is 0.496 e. The van der Waals surface area contributed by atoms with Crippen LogP contribution in [0.1, 0.15) is 17.5 Å². The third-order valence-electron chi connectivity index (χ3n) is 3.83. The van der Waals surface area contributed by atoms with E-state index in [1.54, 1.807) is 12.1 Å². The Balaban J connectivity index is 1.85. The molecule has 1 aromatic carbocycles. The molecule has 0 bridgehead atoms. The van der Waals surface area contributed by atoms with E-state index in [9.17, 15) is 9.59 Å². The summed E-state index contributed by atoms with van der Waals surface area (Å²) in [5.41, 5.74) is 7.09. The zero-order valence-electron chi connectivity index (χ0n) is 11.0. The lowest BCUT2D eigenvalue weighted by atomic mass is 10.1. The number of nitrogens with zero attached hydrogens (tertiary/aromatic N) is 1. The number of likely N-dealkylation sites (tertiary alicyclic amines) is 1. The first-order valence-corrected chi connectivity index (χ1v) is 6.75. The number of thiocarbonyl (C=S) groups is 1. The standard InChI is InChI=1S/C14H14N2O3S/c1-19-11-3-2-7(4-10(11)12(15)20)6-16-13(17)8-5-9(8)14(16)18/h2-4,8-9H,5-6H2,1H3,(H2,15,20). The Morgan fingerprint density at radius 1 is 1.40 bits per heavy atom. The molecule has 2 N–H and O–H groups in total. The second kappa shape index (κ2) is 4.56. The van der Waals surface area contributed by atoms with Gasteiger partial charge in [0, 0.05) is 0 Å². The van der Waals surface area contributed by atoms with Crippen molar-refractivity contribution >= 4 is 29.0 Å². The number of hydrogen-bond donors (Lipinski definition) is 1. The second-order valence-electron chi connectivity index (χ2n) is 5.11. The molecule has 0 spiro atoms. The number of nitrogens with two attached hydrogens (primary N) is 1. The molecule has 1 heterocycles. The van der Waals surface area contributed by atoms with Crippen molar-refractivity contribution in [2.24, 2.45) is 17.6 Å². The normalized spacial score (nSPS) is 23.8. The molecule has 1 aliphatic carbocycles. The number of benzene rings is 1. The first-order valence-electron chi connectivity index (χ1n) is 6.35. The van der Waals surface area contributed by atoms with Gasteiger partial charge in [0.1, 0.15) is 10.7 Å². The first-order chi connectivity index (χ1) is 9.52. The number of methoxy groups -OCH3 is 1. The van der Waals surface area contributed by atoms with Gasteiger partial charge >= 0.3 is 0 Å². The third kappa shape index (κ3) is 1.96. The molecule has 1 aliphatic heterocycles. The molecule has 0 aromatic heterocycles. The van der Waals surface area contributed by atoms with Crippen molar-refractivity contribution in [2.45, 2.75) is 13.0 Å². The molecule has 6 heteroatoms. The lowest BCUT2D eigenvalue weighted by Gasteiger charge is -2.17. The summed E-state index contributed by atoms with van der Waals surface area (Å²) in [6.07, 6.45) is 0.717. The highest BCUT2D eigenvalue weighted by atomic mass is 32.1. The van der Waals surface area contributed by atoms with E-state index in [4.69, 9.17) is 22.7 Å². The third-order valence-corrected chi connectivity index (χ3v) is 4.05. The minimum atomic E-state index is -0.0733. The summed E-state index contributed by atoms with van der Waals surface area (Å²) < 4.78 is 5.18. The van der Waals surface area contributed by atoms with Crippen LogP contribution in [-0.2, 0) is 16.1 Å². The fourth-order valence-electron chi connectivity index (χ4n) is 2.63. The second-order valence-corrected chi connectivity index (χ2v) is 5.55. The quantitative estimate of drug-likeness (QED) is 0.657. The van der Waals surface area contributed by atoms with Gasteiger partial charge in [0.05, 0.1) is 31.1 Å². The maximum atomic E-state index is 11.9. The fraction of sp³-hybridized carbons (Fsp3) is 0.357. The van der Waals surface area contributed by atoms with Crippen LogP contribution >= 0.6 is 12.2 Å². The summed E-state index contributed by atoms with van der Waals surface area (Å²) in [5, 5.41) is 0. The molecule has 104 valence electrons.